The number of phenols is 1. The van der Waals surface area contributed by atoms with Gasteiger partial charge in [0, 0.05) is 43.5 Å². The molecule has 2 aromatic rings. The molecular formula is C15H16ClN3O. The van der Waals surface area contributed by atoms with Crippen LogP contribution in [-0.4, -0.2) is 26.5 Å². The van der Waals surface area contributed by atoms with Crippen LogP contribution < -0.4 is 0 Å². The van der Waals surface area contributed by atoms with E-state index in [4.69, 9.17) is 11.6 Å². The molecule has 1 aromatic heterocycles. The Hall–Kier alpha value is -1.65. The number of hydrogen-bond acceptors (Lipinski definition) is 4. The Morgan fingerprint density at radius 2 is 2.25 bits per heavy atom. The number of rotatable bonds is 2. The van der Waals surface area contributed by atoms with Gasteiger partial charge in [-0.3, -0.25) is 4.90 Å². The van der Waals surface area contributed by atoms with Crippen molar-refractivity contribution >= 4 is 11.6 Å². The first-order chi connectivity index (χ1) is 9.63. The van der Waals surface area contributed by atoms with Crippen molar-refractivity contribution in [3.63, 3.8) is 0 Å². The molecule has 2 heterocycles. The molecule has 0 aliphatic carbocycles. The lowest BCUT2D eigenvalue weighted by Crippen LogP contribution is -2.31. The van der Waals surface area contributed by atoms with E-state index >= 15 is 0 Å². The molecule has 5 heteroatoms. The summed E-state index contributed by atoms with van der Waals surface area (Å²) in [4.78, 5) is 11.0. The topological polar surface area (TPSA) is 49.2 Å². The summed E-state index contributed by atoms with van der Waals surface area (Å²) < 4.78 is 0. The number of halogens is 1. The maximum Gasteiger partial charge on any atom is 0.134 e. The number of nitrogens with zero attached hydrogens (tertiary/aromatic N) is 3. The molecule has 3 rings (SSSR count). The Labute approximate surface area is 123 Å². The van der Waals surface area contributed by atoms with Crippen LogP contribution in [0.1, 0.15) is 22.6 Å². The van der Waals surface area contributed by atoms with Crippen molar-refractivity contribution in [3.05, 3.63) is 52.1 Å². The van der Waals surface area contributed by atoms with Crippen molar-refractivity contribution in [2.45, 2.75) is 26.4 Å². The maximum atomic E-state index is 9.65. The second kappa shape index (κ2) is 5.38. The number of hydrogen-bond donors (Lipinski definition) is 1. The van der Waals surface area contributed by atoms with E-state index < -0.39 is 0 Å². The zero-order chi connectivity index (χ0) is 14.1. The van der Waals surface area contributed by atoms with Gasteiger partial charge in [-0.25, -0.2) is 9.97 Å². The van der Waals surface area contributed by atoms with Gasteiger partial charge in [-0.05, 0) is 18.6 Å². The third kappa shape index (κ3) is 2.62. The largest absolute Gasteiger partial charge is 0.506 e. The predicted octanol–water partition coefficient (Wildman–Crippen LogP) is 2.70. The number of aromatic hydroxyl groups is 1. The summed E-state index contributed by atoms with van der Waals surface area (Å²) in [6, 6.07) is 5.37. The lowest BCUT2D eigenvalue weighted by Gasteiger charge is -2.28. The molecule has 1 aliphatic rings. The molecule has 1 aliphatic heterocycles. The molecule has 1 aromatic carbocycles. The number of aromatic nitrogens is 2. The number of fused-ring (bicyclic) bond motifs is 1. The smallest absolute Gasteiger partial charge is 0.134 e. The zero-order valence-electron chi connectivity index (χ0n) is 11.3. The van der Waals surface area contributed by atoms with Crippen molar-refractivity contribution < 1.29 is 5.11 Å². The van der Waals surface area contributed by atoms with E-state index in [1.54, 1.807) is 6.07 Å². The normalized spacial score (nSPS) is 15.1. The van der Waals surface area contributed by atoms with Crippen LogP contribution in [0.5, 0.6) is 5.75 Å². The van der Waals surface area contributed by atoms with Gasteiger partial charge in [0.2, 0.25) is 0 Å². The molecule has 104 valence electrons. The molecular weight excluding hydrogens is 274 g/mol. The van der Waals surface area contributed by atoms with Gasteiger partial charge in [0.25, 0.3) is 0 Å². The third-order valence-electron chi connectivity index (χ3n) is 3.59. The fraction of sp³-hybridized carbons (Fsp3) is 0.333. The van der Waals surface area contributed by atoms with E-state index in [0.29, 0.717) is 5.02 Å². The Balaban J connectivity index is 1.77. The van der Waals surface area contributed by atoms with Crippen LogP contribution in [0, 0.1) is 6.92 Å². The van der Waals surface area contributed by atoms with E-state index in [1.807, 2.05) is 25.3 Å². The van der Waals surface area contributed by atoms with Gasteiger partial charge in [-0.15, -0.1) is 0 Å². The van der Waals surface area contributed by atoms with Gasteiger partial charge >= 0.3 is 0 Å². The van der Waals surface area contributed by atoms with E-state index in [2.05, 4.69) is 14.9 Å². The first kappa shape index (κ1) is 13.3. The summed E-state index contributed by atoms with van der Waals surface area (Å²) in [5.74, 6) is 0.966. The first-order valence-corrected chi connectivity index (χ1v) is 7.01. The highest BCUT2D eigenvalue weighted by Crippen LogP contribution is 2.28. The number of phenolic OH excluding ortho intramolecular Hbond substituents is 1. The highest BCUT2D eigenvalue weighted by molar-refractivity contribution is 6.32. The summed E-state index contributed by atoms with van der Waals surface area (Å²) in [7, 11) is 0. The molecule has 0 radical (unpaired) electrons. The Morgan fingerprint density at radius 3 is 3.10 bits per heavy atom. The quantitative estimate of drug-likeness (QED) is 0.923. The second-order valence-electron chi connectivity index (χ2n) is 5.10. The van der Waals surface area contributed by atoms with Crippen molar-refractivity contribution in [2.75, 3.05) is 6.54 Å². The first-order valence-electron chi connectivity index (χ1n) is 6.63. The number of benzene rings is 1. The van der Waals surface area contributed by atoms with Crippen LogP contribution >= 0.6 is 11.6 Å². The predicted molar refractivity (Wildman–Crippen MR) is 77.7 cm³/mol. The lowest BCUT2D eigenvalue weighted by molar-refractivity contribution is 0.242. The zero-order valence-corrected chi connectivity index (χ0v) is 12.1. The van der Waals surface area contributed by atoms with Crippen LogP contribution in [0.15, 0.2) is 24.4 Å². The minimum atomic E-state index is 0.139. The number of aryl methyl sites for hydroxylation is 1. The van der Waals surface area contributed by atoms with Crippen molar-refractivity contribution in [1.29, 1.82) is 0 Å². The van der Waals surface area contributed by atoms with Crippen LogP contribution in [0.25, 0.3) is 0 Å². The summed E-state index contributed by atoms with van der Waals surface area (Å²) in [6.45, 7) is 4.40. The second-order valence-corrected chi connectivity index (χ2v) is 5.48. The van der Waals surface area contributed by atoms with Gasteiger partial charge in [-0.2, -0.15) is 0 Å². The van der Waals surface area contributed by atoms with Crippen LogP contribution in [-0.2, 0) is 19.5 Å². The average molecular weight is 290 g/mol. The molecule has 0 bridgehead atoms. The molecule has 0 amide bonds. The highest BCUT2D eigenvalue weighted by atomic mass is 35.5. The summed E-state index contributed by atoms with van der Waals surface area (Å²) in [6.07, 6.45) is 2.84. The van der Waals surface area contributed by atoms with Crippen LogP contribution in [0.2, 0.25) is 5.02 Å². The molecule has 1 N–H and O–H groups in total. The van der Waals surface area contributed by atoms with Gasteiger partial charge in [-0.1, -0.05) is 23.7 Å². The fourth-order valence-corrected chi connectivity index (χ4v) is 2.72. The molecule has 0 unspecified atom stereocenters. The van der Waals surface area contributed by atoms with Crippen LogP contribution in [0.4, 0.5) is 0 Å². The summed E-state index contributed by atoms with van der Waals surface area (Å²) in [5, 5.41) is 10.1. The third-order valence-corrected chi connectivity index (χ3v) is 4.02. The molecule has 20 heavy (non-hydrogen) atoms. The SMILES string of the molecule is Cc1ncc2c(n1)CCN(Cc1cccc(O)c1Cl)C2. The molecule has 0 spiro atoms. The minimum Gasteiger partial charge on any atom is -0.506 e. The van der Waals surface area contributed by atoms with E-state index in [9.17, 15) is 5.11 Å². The summed E-state index contributed by atoms with van der Waals surface area (Å²) >= 11 is 6.13. The minimum absolute atomic E-state index is 0.139. The van der Waals surface area contributed by atoms with Gasteiger partial charge in [0.15, 0.2) is 0 Å². The average Bonchev–Trinajstić information content (AvgIpc) is 2.44. The molecule has 4 nitrogen and oxygen atoms in total. The Kier molecular flexibility index (Phi) is 3.59. The maximum absolute atomic E-state index is 9.65. The van der Waals surface area contributed by atoms with E-state index in [1.165, 1.54) is 5.56 Å². The monoisotopic (exact) mass is 289 g/mol. The van der Waals surface area contributed by atoms with Crippen molar-refractivity contribution in [1.82, 2.24) is 14.9 Å². The van der Waals surface area contributed by atoms with E-state index in [-0.39, 0.29) is 5.75 Å². The van der Waals surface area contributed by atoms with Crippen molar-refractivity contribution in [2.24, 2.45) is 0 Å². The van der Waals surface area contributed by atoms with E-state index in [0.717, 1.165) is 43.1 Å². The highest BCUT2D eigenvalue weighted by Gasteiger charge is 2.19. The van der Waals surface area contributed by atoms with Crippen molar-refractivity contribution in [3.8, 4) is 5.75 Å². The van der Waals surface area contributed by atoms with Crippen LogP contribution in [0.3, 0.4) is 0 Å². The molecule has 0 saturated heterocycles. The van der Waals surface area contributed by atoms with Gasteiger partial charge < -0.3 is 5.11 Å². The Morgan fingerprint density at radius 1 is 1.40 bits per heavy atom. The fourth-order valence-electron chi connectivity index (χ4n) is 2.54. The molecule has 0 fully saturated rings. The Bertz CT molecular complexity index is 645. The molecule has 0 atom stereocenters. The summed E-state index contributed by atoms with van der Waals surface area (Å²) in [5.41, 5.74) is 3.28. The van der Waals surface area contributed by atoms with Gasteiger partial charge in [0.05, 0.1) is 5.02 Å². The van der Waals surface area contributed by atoms with Gasteiger partial charge in [0.1, 0.15) is 11.6 Å². The molecule has 0 saturated carbocycles. The standard InChI is InChI=1S/C15H16ClN3O/c1-10-17-7-12-9-19(6-5-13(12)18-10)8-11-3-2-4-14(20)15(11)16/h2-4,7,20H,5-6,8-9H2,1H3. The lowest BCUT2D eigenvalue weighted by atomic mass is 10.1.